The van der Waals surface area contributed by atoms with Gasteiger partial charge in [0.1, 0.15) is 5.75 Å². The zero-order chi connectivity index (χ0) is 12.3. The van der Waals surface area contributed by atoms with Gasteiger partial charge >= 0.3 is 0 Å². The van der Waals surface area contributed by atoms with E-state index in [1.165, 1.54) is 5.56 Å². The third kappa shape index (κ3) is 3.53. The first-order valence-corrected chi connectivity index (χ1v) is 5.65. The maximum absolute atomic E-state index is 10.8. The Morgan fingerprint density at radius 1 is 1.25 bits per heavy atom. The molecule has 0 radical (unpaired) electrons. The van der Waals surface area contributed by atoms with E-state index in [4.69, 9.17) is 16.3 Å². The topological polar surface area (TPSA) is 26.3 Å². The second kappa shape index (κ2) is 4.88. The van der Waals surface area contributed by atoms with Gasteiger partial charge in [-0.3, -0.25) is 4.79 Å². The van der Waals surface area contributed by atoms with E-state index in [-0.39, 0.29) is 5.41 Å². The van der Waals surface area contributed by atoms with Gasteiger partial charge in [-0.1, -0.05) is 32.9 Å². The fourth-order valence-electron chi connectivity index (χ4n) is 1.28. The summed E-state index contributed by atoms with van der Waals surface area (Å²) < 4.78 is 5.36. The Morgan fingerprint density at radius 2 is 1.75 bits per heavy atom. The van der Waals surface area contributed by atoms with E-state index in [0.717, 1.165) is 0 Å². The first-order valence-electron chi connectivity index (χ1n) is 5.27. The lowest BCUT2D eigenvalue weighted by molar-refractivity contribution is -0.117. The van der Waals surface area contributed by atoms with Crippen LogP contribution in [0.5, 0.6) is 5.75 Å². The summed E-state index contributed by atoms with van der Waals surface area (Å²) in [5.74, 6) is 0.662. The molecule has 0 amide bonds. The molecule has 1 rings (SSSR count). The third-order valence-corrected chi connectivity index (χ3v) is 2.66. The number of rotatable bonds is 3. The van der Waals surface area contributed by atoms with Crippen LogP contribution in [-0.4, -0.2) is 11.3 Å². The number of ether oxygens (including phenoxy) is 1. The van der Waals surface area contributed by atoms with Crippen LogP contribution >= 0.6 is 11.6 Å². The molecule has 0 saturated carbocycles. The van der Waals surface area contributed by atoms with Gasteiger partial charge in [0.2, 0.25) is 0 Å². The van der Waals surface area contributed by atoms with Gasteiger partial charge in [-0.25, -0.2) is 0 Å². The van der Waals surface area contributed by atoms with Gasteiger partial charge in [0.25, 0.3) is 5.24 Å². The molecule has 88 valence electrons. The average molecular weight is 241 g/mol. The summed E-state index contributed by atoms with van der Waals surface area (Å²) >= 11 is 5.32. The zero-order valence-electron chi connectivity index (χ0n) is 10.1. The summed E-state index contributed by atoms with van der Waals surface area (Å²) in [6, 6.07) is 7.72. The smallest absolute Gasteiger partial charge is 0.262 e. The lowest BCUT2D eigenvalue weighted by Gasteiger charge is -2.19. The molecule has 0 fully saturated rings. The number of carbonyl (C=O) groups excluding carboxylic acids is 1. The fourth-order valence-corrected chi connectivity index (χ4v) is 1.33. The van der Waals surface area contributed by atoms with E-state index in [1.54, 1.807) is 6.92 Å². The van der Waals surface area contributed by atoms with Crippen LogP contribution in [0.2, 0.25) is 0 Å². The lowest BCUT2D eigenvalue weighted by atomic mass is 9.87. The molecule has 16 heavy (non-hydrogen) atoms. The van der Waals surface area contributed by atoms with Crippen molar-refractivity contribution in [1.29, 1.82) is 0 Å². The van der Waals surface area contributed by atoms with Crippen molar-refractivity contribution in [2.75, 3.05) is 0 Å². The van der Waals surface area contributed by atoms with Crippen LogP contribution in [0.25, 0.3) is 0 Å². The summed E-state index contributed by atoms with van der Waals surface area (Å²) in [6.07, 6.45) is -0.609. The van der Waals surface area contributed by atoms with Crippen LogP contribution in [0.3, 0.4) is 0 Å². The summed E-state index contributed by atoms with van der Waals surface area (Å²) in [5.41, 5.74) is 1.34. The molecule has 0 aliphatic heterocycles. The van der Waals surface area contributed by atoms with Gasteiger partial charge in [0, 0.05) is 0 Å². The molecule has 0 aromatic heterocycles. The Kier molecular flexibility index (Phi) is 3.98. The Hall–Kier alpha value is -1.02. The number of benzene rings is 1. The lowest BCUT2D eigenvalue weighted by Crippen LogP contribution is -2.19. The molecule has 1 aromatic carbocycles. The molecule has 0 saturated heterocycles. The average Bonchev–Trinajstić information content (AvgIpc) is 2.17. The van der Waals surface area contributed by atoms with E-state index in [9.17, 15) is 4.79 Å². The molecule has 1 unspecified atom stereocenters. The van der Waals surface area contributed by atoms with Gasteiger partial charge in [-0.15, -0.1) is 0 Å². The second-order valence-electron chi connectivity index (χ2n) is 4.84. The SMILES string of the molecule is CC(Oc1ccc(C(C)(C)C)cc1)C(=O)Cl. The predicted molar refractivity (Wildman–Crippen MR) is 66.1 cm³/mol. The Morgan fingerprint density at radius 3 is 2.12 bits per heavy atom. The van der Waals surface area contributed by atoms with Gasteiger partial charge in [-0.2, -0.15) is 0 Å². The molecule has 0 bridgehead atoms. The predicted octanol–water partition coefficient (Wildman–Crippen LogP) is 3.52. The summed E-state index contributed by atoms with van der Waals surface area (Å²) in [5, 5.41) is -0.486. The van der Waals surface area contributed by atoms with Crippen LogP contribution in [0.4, 0.5) is 0 Å². The van der Waals surface area contributed by atoms with Crippen molar-refractivity contribution in [2.45, 2.75) is 39.2 Å². The maximum atomic E-state index is 10.8. The van der Waals surface area contributed by atoms with Crippen molar-refractivity contribution >= 4 is 16.8 Å². The molecule has 0 aliphatic rings. The van der Waals surface area contributed by atoms with Crippen LogP contribution in [0.1, 0.15) is 33.3 Å². The number of halogens is 1. The Labute approximate surface area is 102 Å². The fraction of sp³-hybridized carbons (Fsp3) is 0.462. The highest BCUT2D eigenvalue weighted by Crippen LogP contribution is 2.24. The normalized spacial score (nSPS) is 13.3. The molecular formula is C13H17ClO2. The summed E-state index contributed by atoms with van der Waals surface area (Å²) in [4.78, 5) is 10.8. The minimum atomic E-state index is -0.609. The molecule has 2 nitrogen and oxygen atoms in total. The van der Waals surface area contributed by atoms with Crippen molar-refractivity contribution in [3.63, 3.8) is 0 Å². The van der Waals surface area contributed by atoms with Crippen LogP contribution in [0, 0.1) is 0 Å². The number of hydrogen-bond donors (Lipinski definition) is 0. The largest absolute Gasteiger partial charge is 0.482 e. The van der Waals surface area contributed by atoms with Crippen molar-refractivity contribution in [3.05, 3.63) is 29.8 Å². The molecule has 3 heteroatoms. The van der Waals surface area contributed by atoms with Crippen molar-refractivity contribution < 1.29 is 9.53 Å². The summed E-state index contributed by atoms with van der Waals surface area (Å²) in [6.45, 7) is 8.07. The highest BCUT2D eigenvalue weighted by molar-refractivity contribution is 6.64. The molecule has 0 N–H and O–H groups in total. The number of hydrogen-bond acceptors (Lipinski definition) is 2. The third-order valence-electron chi connectivity index (χ3n) is 2.35. The molecule has 0 aliphatic carbocycles. The monoisotopic (exact) mass is 240 g/mol. The van der Waals surface area contributed by atoms with Gasteiger partial charge in [0.15, 0.2) is 6.10 Å². The first kappa shape index (κ1) is 13.0. The van der Waals surface area contributed by atoms with Crippen LogP contribution in [0.15, 0.2) is 24.3 Å². The standard InChI is InChI=1S/C13H17ClO2/c1-9(12(14)15)16-11-7-5-10(6-8-11)13(2,3)4/h5-9H,1-4H3. The van der Waals surface area contributed by atoms with E-state index in [0.29, 0.717) is 5.75 Å². The molecule has 0 spiro atoms. The molecule has 1 aromatic rings. The maximum Gasteiger partial charge on any atom is 0.262 e. The summed E-state index contributed by atoms with van der Waals surface area (Å²) in [7, 11) is 0. The molecular weight excluding hydrogens is 224 g/mol. The number of carbonyl (C=O) groups is 1. The first-order chi connectivity index (χ1) is 7.30. The Balaban J connectivity index is 2.76. The van der Waals surface area contributed by atoms with Crippen LogP contribution in [-0.2, 0) is 10.2 Å². The van der Waals surface area contributed by atoms with E-state index < -0.39 is 11.3 Å². The van der Waals surface area contributed by atoms with Gasteiger partial charge in [-0.05, 0) is 41.6 Å². The van der Waals surface area contributed by atoms with Crippen LogP contribution < -0.4 is 4.74 Å². The van der Waals surface area contributed by atoms with E-state index in [1.807, 2.05) is 24.3 Å². The second-order valence-corrected chi connectivity index (χ2v) is 5.21. The van der Waals surface area contributed by atoms with Crippen molar-refractivity contribution in [1.82, 2.24) is 0 Å². The van der Waals surface area contributed by atoms with E-state index in [2.05, 4.69) is 20.8 Å². The van der Waals surface area contributed by atoms with Gasteiger partial charge in [0.05, 0.1) is 0 Å². The highest BCUT2D eigenvalue weighted by Gasteiger charge is 2.14. The molecule has 0 heterocycles. The van der Waals surface area contributed by atoms with E-state index >= 15 is 0 Å². The Bertz CT molecular complexity index is 363. The minimum Gasteiger partial charge on any atom is -0.482 e. The molecule has 1 atom stereocenters. The van der Waals surface area contributed by atoms with Gasteiger partial charge < -0.3 is 4.74 Å². The van der Waals surface area contributed by atoms with Crippen molar-refractivity contribution in [3.8, 4) is 5.75 Å². The van der Waals surface area contributed by atoms with Crippen molar-refractivity contribution in [2.24, 2.45) is 0 Å². The highest BCUT2D eigenvalue weighted by atomic mass is 35.5. The quantitative estimate of drug-likeness (QED) is 0.756. The minimum absolute atomic E-state index is 0.118. The zero-order valence-corrected chi connectivity index (χ0v) is 10.8.